The number of piperazine rings is 1. The molecule has 0 N–H and O–H groups in total. The van der Waals surface area contributed by atoms with E-state index in [-0.39, 0.29) is 0 Å². The molecule has 4 nitrogen and oxygen atoms in total. The summed E-state index contributed by atoms with van der Waals surface area (Å²) in [5.74, 6) is 0. The quantitative estimate of drug-likeness (QED) is 0.785. The van der Waals surface area contributed by atoms with Gasteiger partial charge in [0.15, 0.2) is 0 Å². The first kappa shape index (κ1) is 15.7. The van der Waals surface area contributed by atoms with Crippen LogP contribution in [-0.2, 0) is 4.74 Å². The van der Waals surface area contributed by atoms with Crippen LogP contribution in [0.25, 0.3) is 0 Å². The molecule has 4 heteroatoms. The first-order valence-electron chi connectivity index (χ1n) is 8.73. The maximum Gasteiger partial charge on any atom is 0.0589 e. The third-order valence-electron chi connectivity index (χ3n) is 5.78. The van der Waals surface area contributed by atoms with Gasteiger partial charge in [-0.3, -0.25) is 9.80 Å². The molecule has 0 aromatic heterocycles. The molecule has 122 valence electrons. The molecular weight excluding hydrogens is 262 g/mol. The van der Waals surface area contributed by atoms with Crippen molar-refractivity contribution in [2.45, 2.75) is 63.7 Å². The molecular formula is C17H33N3O. The summed E-state index contributed by atoms with van der Waals surface area (Å²) in [7, 11) is 1.80. The molecule has 3 aliphatic heterocycles. The Morgan fingerprint density at radius 3 is 2.24 bits per heavy atom. The number of hydrogen-bond acceptors (Lipinski definition) is 4. The molecule has 3 heterocycles. The Kier molecular flexibility index (Phi) is 4.60. The van der Waals surface area contributed by atoms with Gasteiger partial charge in [0.05, 0.1) is 6.61 Å². The highest BCUT2D eigenvalue weighted by Crippen LogP contribution is 2.38. The molecule has 3 rings (SSSR count). The van der Waals surface area contributed by atoms with Crippen molar-refractivity contribution in [2.75, 3.05) is 46.4 Å². The van der Waals surface area contributed by atoms with Gasteiger partial charge in [0.1, 0.15) is 0 Å². The fourth-order valence-corrected chi connectivity index (χ4v) is 4.66. The Morgan fingerprint density at radius 2 is 1.71 bits per heavy atom. The van der Waals surface area contributed by atoms with Gasteiger partial charge >= 0.3 is 0 Å². The number of fused-ring (bicyclic) bond motifs is 2. The highest BCUT2D eigenvalue weighted by atomic mass is 16.5. The zero-order valence-electron chi connectivity index (χ0n) is 14.3. The van der Waals surface area contributed by atoms with Crippen LogP contribution in [-0.4, -0.2) is 84.8 Å². The van der Waals surface area contributed by atoms with Crippen LogP contribution in [0.3, 0.4) is 0 Å². The van der Waals surface area contributed by atoms with E-state index in [4.69, 9.17) is 4.74 Å². The Labute approximate surface area is 130 Å². The summed E-state index contributed by atoms with van der Waals surface area (Å²) < 4.78 is 5.20. The number of methoxy groups -OCH3 is 1. The van der Waals surface area contributed by atoms with E-state index in [1.54, 1.807) is 7.11 Å². The third-order valence-corrected chi connectivity index (χ3v) is 5.78. The van der Waals surface area contributed by atoms with Crippen LogP contribution in [0.4, 0.5) is 0 Å². The first-order valence-corrected chi connectivity index (χ1v) is 8.73. The number of rotatable bonds is 4. The lowest BCUT2D eigenvalue weighted by atomic mass is 10.0. The topological polar surface area (TPSA) is 19.0 Å². The minimum absolute atomic E-state index is 0.342. The second kappa shape index (κ2) is 6.15. The summed E-state index contributed by atoms with van der Waals surface area (Å²) in [6.07, 6.45) is 4.10. The number of ether oxygens (including phenoxy) is 1. The SMILES string of the molecule is COCCN1CCC(N2C[C@@H]3C[C@H]2CN3C(C)(C)C)CC1. The molecule has 0 amide bonds. The van der Waals surface area contributed by atoms with Crippen molar-refractivity contribution >= 4 is 0 Å². The molecule has 0 aromatic carbocycles. The molecule has 0 unspecified atom stereocenters. The summed E-state index contributed by atoms with van der Waals surface area (Å²) in [6.45, 7) is 14.2. The smallest absolute Gasteiger partial charge is 0.0589 e. The largest absolute Gasteiger partial charge is 0.383 e. The van der Waals surface area contributed by atoms with Crippen LogP contribution < -0.4 is 0 Å². The summed E-state index contributed by atoms with van der Waals surface area (Å²) in [6, 6.07) is 2.46. The lowest BCUT2D eigenvalue weighted by Crippen LogP contribution is -2.57. The van der Waals surface area contributed by atoms with Gasteiger partial charge in [-0.2, -0.15) is 0 Å². The van der Waals surface area contributed by atoms with Crippen molar-refractivity contribution in [3.63, 3.8) is 0 Å². The van der Waals surface area contributed by atoms with Crippen molar-refractivity contribution in [1.29, 1.82) is 0 Å². The van der Waals surface area contributed by atoms with Gasteiger partial charge in [-0.05, 0) is 53.1 Å². The van der Waals surface area contributed by atoms with Gasteiger partial charge < -0.3 is 9.64 Å². The average molecular weight is 295 g/mol. The predicted molar refractivity (Wildman–Crippen MR) is 86.7 cm³/mol. The van der Waals surface area contributed by atoms with E-state index >= 15 is 0 Å². The molecule has 3 aliphatic rings. The summed E-state index contributed by atoms with van der Waals surface area (Å²) in [5.41, 5.74) is 0.342. The van der Waals surface area contributed by atoms with E-state index in [1.165, 1.54) is 45.4 Å². The lowest BCUT2D eigenvalue weighted by molar-refractivity contribution is 0.0183. The molecule has 0 spiro atoms. The minimum atomic E-state index is 0.342. The molecule has 0 saturated carbocycles. The van der Waals surface area contributed by atoms with Crippen molar-refractivity contribution in [3.05, 3.63) is 0 Å². The first-order chi connectivity index (χ1) is 9.99. The summed E-state index contributed by atoms with van der Waals surface area (Å²) >= 11 is 0. The summed E-state index contributed by atoms with van der Waals surface area (Å²) in [4.78, 5) is 8.15. The van der Waals surface area contributed by atoms with E-state index in [1.807, 2.05) is 0 Å². The number of nitrogens with zero attached hydrogens (tertiary/aromatic N) is 3. The number of piperidine rings is 1. The Hall–Kier alpha value is -0.160. The zero-order chi connectivity index (χ0) is 15.0. The fourth-order valence-electron chi connectivity index (χ4n) is 4.66. The van der Waals surface area contributed by atoms with Gasteiger partial charge in [0.25, 0.3) is 0 Å². The Balaban J connectivity index is 1.49. The van der Waals surface area contributed by atoms with Crippen LogP contribution >= 0.6 is 0 Å². The third kappa shape index (κ3) is 3.29. The van der Waals surface area contributed by atoms with Crippen LogP contribution in [0.15, 0.2) is 0 Å². The monoisotopic (exact) mass is 295 g/mol. The van der Waals surface area contributed by atoms with E-state index < -0.39 is 0 Å². The van der Waals surface area contributed by atoms with Gasteiger partial charge in [0.2, 0.25) is 0 Å². The lowest BCUT2D eigenvalue weighted by Gasteiger charge is -2.46. The van der Waals surface area contributed by atoms with E-state index in [0.717, 1.165) is 31.3 Å². The van der Waals surface area contributed by atoms with Gasteiger partial charge in [-0.1, -0.05) is 0 Å². The van der Waals surface area contributed by atoms with Crippen LogP contribution in [0, 0.1) is 0 Å². The fraction of sp³-hybridized carbons (Fsp3) is 1.00. The Bertz CT molecular complexity index is 346. The van der Waals surface area contributed by atoms with Crippen LogP contribution in [0.2, 0.25) is 0 Å². The minimum Gasteiger partial charge on any atom is -0.383 e. The van der Waals surface area contributed by atoms with Crippen molar-refractivity contribution in [3.8, 4) is 0 Å². The van der Waals surface area contributed by atoms with Gasteiger partial charge in [0, 0.05) is 50.4 Å². The number of hydrogen-bond donors (Lipinski definition) is 0. The highest BCUT2D eigenvalue weighted by molar-refractivity contribution is 5.05. The molecule has 3 saturated heterocycles. The Morgan fingerprint density at radius 1 is 1.00 bits per heavy atom. The molecule has 0 radical (unpaired) electrons. The zero-order valence-corrected chi connectivity index (χ0v) is 14.3. The van der Waals surface area contributed by atoms with Crippen molar-refractivity contribution in [1.82, 2.24) is 14.7 Å². The highest BCUT2D eigenvalue weighted by Gasteiger charge is 2.48. The van der Waals surface area contributed by atoms with Crippen LogP contribution in [0.1, 0.15) is 40.0 Å². The van der Waals surface area contributed by atoms with Crippen molar-refractivity contribution in [2.24, 2.45) is 0 Å². The van der Waals surface area contributed by atoms with E-state index in [9.17, 15) is 0 Å². The summed E-state index contributed by atoms with van der Waals surface area (Å²) in [5, 5.41) is 0. The van der Waals surface area contributed by atoms with E-state index in [2.05, 4.69) is 35.5 Å². The normalized spacial score (nSPS) is 33.1. The predicted octanol–water partition coefficient (Wildman–Crippen LogP) is 1.65. The molecule has 21 heavy (non-hydrogen) atoms. The van der Waals surface area contributed by atoms with Crippen molar-refractivity contribution < 1.29 is 4.74 Å². The maximum absolute atomic E-state index is 5.20. The second-order valence-corrected chi connectivity index (χ2v) is 8.13. The average Bonchev–Trinajstić information content (AvgIpc) is 3.05. The number of likely N-dealkylation sites (tertiary alicyclic amines) is 3. The van der Waals surface area contributed by atoms with Gasteiger partial charge in [-0.25, -0.2) is 0 Å². The van der Waals surface area contributed by atoms with Crippen LogP contribution in [0.5, 0.6) is 0 Å². The maximum atomic E-state index is 5.20. The van der Waals surface area contributed by atoms with E-state index in [0.29, 0.717) is 5.54 Å². The molecule has 0 aromatic rings. The standard InChI is InChI=1S/C17H33N3O/c1-17(2,3)20-13-15-11-16(20)12-19(15)14-5-7-18(8-6-14)9-10-21-4/h14-16H,5-13H2,1-4H3/t15-,16-/m0/s1. The second-order valence-electron chi connectivity index (χ2n) is 8.13. The molecule has 0 aliphatic carbocycles. The van der Waals surface area contributed by atoms with Gasteiger partial charge in [-0.15, -0.1) is 0 Å². The molecule has 3 fully saturated rings. The molecule has 2 atom stereocenters. The molecule has 2 bridgehead atoms.